The van der Waals surface area contributed by atoms with Gasteiger partial charge in [-0.25, -0.2) is 0 Å². The fourth-order valence-electron chi connectivity index (χ4n) is 5.25. The number of halogens is 2. The van der Waals surface area contributed by atoms with E-state index >= 15 is 0 Å². The maximum atomic E-state index is 4.81. The summed E-state index contributed by atoms with van der Waals surface area (Å²) in [5.74, 6) is 5.18. The molecular formula is C38H54Cl2PdS2. The van der Waals surface area contributed by atoms with Gasteiger partial charge in [0.05, 0.1) is 0 Å². The Morgan fingerprint density at radius 3 is 0.953 bits per heavy atom. The van der Waals surface area contributed by atoms with Gasteiger partial charge in [-0.05, 0) is 80.0 Å². The van der Waals surface area contributed by atoms with Crippen LogP contribution in [0.4, 0.5) is 0 Å². The van der Waals surface area contributed by atoms with E-state index in [9.17, 15) is 0 Å². The quantitative estimate of drug-likeness (QED) is 0.133. The number of hydrogen-bond donors (Lipinski definition) is 0. The van der Waals surface area contributed by atoms with Gasteiger partial charge in [0.15, 0.2) is 0 Å². The summed E-state index contributed by atoms with van der Waals surface area (Å²) >= 11 is 4.00. The molecule has 0 atom stereocenters. The summed E-state index contributed by atoms with van der Waals surface area (Å²) in [5.41, 5.74) is 11.9. The van der Waals surface area contributed by atoms with Crippen molar-refractivity contribution in [3.63, 3.8) is 0 Å². The zero-order chi connectivity index (χ0) is 32.4. The molecule has 0 unspecified atom stereocenters. The van der Waals surface area contributed by atoms with Gasteiger partial charge in [-0.3, -0.25) is 0 Å². The van der Waals surface area contributed by atoms with Crippen molar-refractivity contribution in [2.24, 2.45) is 0 Å². The van der Waals surface area contributed by atoms with Crippen molar-refractivity contribution >= 4 is 42.6 Å². The molecule has 0 saturated carbocycles. The van der Waals surface area contributed by atoms with Crippen LogP contribution in [0.2, 0.25) is 0 Å². The molecule has 0 saturated heterocycles. The molecule has 3 aromatic rings. The third kappa shape index (κ3) is 11.1. The van der Waals surface area contributed by atoms with Crippen molar-refractivity contribution in [3.8, 4) is 0 Å². The molecule has 242 valence electrons. The van der Waals surface area contributed by atoms with E-state index < -0.39 is 0 Å². The van der Waals surface area contributed by atoms with Crippen molar-refractivity contribution in [3.05, 3.63) is 93.0 Å². The fraction of sp³-hybridized carbons (Fsp3) is 0.526. The van der Waals surface area contributed by atoms with E-state index in [0.29, 0.717) is 35.5 Å². The van der Waals surface area contributed by atoms with E-state index in [1.54, 1.807) is 0 Å². The first-order valence-corrected chi connectivity index (χ1v) is 21.7. The molecule has 0 bridgehead atoms. The van der Waals surface area contributed by atoms with Crippen molar-refractivity contribution in [1.82, 2.24) is 0 Å². The second-order valence-corrected chi connectivity index (χ2v) is 17.7. The third-order valence-corrected chi connectivity index (χ3v) is 10.5. The SMILES string of the molecule is CC(C)c1cc(C(C)C)c(SCc2ccccc2CSc2c(C(C)C)cc(C(C)C)cc2C(C)C)c(C(C)C)c1.[Cl][Pd][Cl]. The summed E-state index contributed by atoms with van der Waals surface area (Å²) < 4.78 is 0. The van der Waals surface area contributed by atoms with E-state index in [2.05, 4.69) is 155 Å². The van der Waals surface area contributed by atoms with Gasteiger partial charge < -0.3 is 0 Å². The van der Waals surface area contributed by atoms with Crippen LogP contribution < -0.4 is 0 Å². The first-order valence-electron chi connectivity index (χ1n) is 15.7. The first kappa shape index (κ1) is 38.8. The van der Waals surface area contributed by atoms with E-state index in [-0.39, 0.29) is 15.9 Å². The van der Waals surface area contributed by atoms with Crippen LogP contribution in [0.25, 0.3) is 0 Å². The van der Waals surface area contributed by atoms with Crippen LogP contribution in [0, 0.1) is 0 Å². The molecule has 0 amide bonds. The topological polar surface area (TPSA) is 0 Å². The summed E-state index contributed by atoms with van der Waals surface area (Å²) in [5, 5.41) is 0. The zero-order valence-corrected chi connectivity index (χ0v) is 33.1. The molecule has 43 heavy (non-hydrogen) atoms. The van der Waals surface area contributed by atoms with Crippen molar-refractivity contribution in [2.45, 2.75) is 140 Å². The normalized spacial score (nSPS) is 11.9. The van der Waals surface area contributed by atoms with Gasteiger partial charge in [-0.1, -0.05) is 132 Å². The molecule has 0 spiro atoms. The van der Waals surface area contributed by atoms with E-state index in [1.807, 2.05) is 0 Å². The van der Waals surface area contributed by atoms with Crippen molar-refractivity contribution in [1.29, 1.82) is 0 Å². The monoisotopic (exact) mass is 750 g/mol. The van der Waals surface area contributed by atoms with Crippen LogP contribution in [0.5, 0.6) is 0 Å². The molecule has 0 heterocycles. The van der Waals surface area contributed by atoms with Gasteiger partial charge in [0, 0.05) is 21.3 Å². The molecule has 0 aliphatic heterocycles. The third-order valence-electron chi connectivity index (χ3n) is 8.02. The molecule has 5 heteroatoms. The van der Waals surface area contributed by atoms with Gasteiger partial charge in [-0.15, -0.1) is 23.5 Å². The summed E-state index contributed by atoms with van der Waals surface area (Å²) in [4.78, 5) is 3.01. The average Bonchev–Trinajstić information content (AvgIpc) is 2.94. The van der Waals surface area contributed by atoms with Crippen LogP contribution in [-0.4, -0.2) is 0 Å². The molecule has 0 fully saturated rings. The zero-order valence-electron chi connectivity index (χ0n) is 28.4. The molecule has 0 aliphatic carbocycles. The molecule has 3 rings (SSSR count). The Kier molecular flexibility index (Phi) is 16.8. The molecule has 0 aliphatic rings. The Hall–Kier alpha value is -0.398. The Labute approximate surface area is 289 Å². The second kappa shape index (κ2) is 18.7. The Morgan fingerprint density at radius 1 is 0.488 bits per heavy atom. The second-order valence-electron chi connectivity index (χ2n) is 13.4. The molecule has 0 aromatic heterocycles. The summed E-state index contributed by atoms with van der Waals surface area (Å²) in [6, 6.07) is 19.1. The summed E-state index contributed by atoms with van der Waals surface area (Å²) in [6.45, 7) is 28.1. The summed E-state index contributed by atoms with van der Waals surface area (Å²) in [6.07, 6.45) is 0. The van der Waals surface area contributed by atoms with Crippen LogP contribution in [0.15, 0.2) is 58.3 Å². The average molecular weight is 752 g/mol. The standard InChI is InChI=1S/C38H54S2.2ClH.Pd/c1-23(2)31-17-33(25(5)6)37(34(18-31)26(7)8)39-21-29-15-13-14-16-30(29)22-40-38-35(27(9)10)19-32(24(3)4)20-36(38)28(11)12;;;/h13-20,23-28H,21-22H2,1-12H3;2*1H;/q;;;+2/p-2. The summed E-state index contributed by atoms with van der Waals surface area (Å²) in [7, 11) is 9.63. The predicted molar refractivity (Wildman–Crippen MR) is 195 cm³/mol. The number of hydrogen-bond acceptors (Lipinski definition) is 2. The number of benzene rings is 3. The molecule has 0 N–H and O–H groups in total. The molecular weight excluding hydrogens is 698 g/mol. The van der Waals surface area contributed by atoms with Crippen LogP contribution in [0.3, 0.4) is 0 Å². The van der Waals surface area contributed by atoms with Gasteiger partial charge >= 0.3 is 35.0 Å². The minimum absolute atomic E-state index is 0.106. The molecule has 3 aromatic carbocycles. The Morgan fingerprint density at radius 2 is 0.744 bits per heavy atom. The predicted octanol–water partition coefficient (Wildman–Crippen LogP) is 14.4. The number of rotatable bonds is 12. The molecule has 0 nitrogen and oxygen atoms in total. The Balaban J connectivity index is 0.00000206. The fourth-order valence-corrected chi connectivity index (χ4v) is 8.26. The van der Waals surface area contributed by atoms with E-state index in [1.165, 1.54) is 54.3 Å². The van der Waals surface area contributed by atoms with Crippen LogP contribution in [0.1, 0.15) is 163 Å². The van der Waals surface area contributed by atoms with Crippen LogP contribution in [-0.2, 0) is 27.4 Å². The van der Waals surface area contributed by atoms with Gasteiger partial charge in [0.1, 0.15) is 0 Å². The van der Waals surface area contributed by atoms with Crippen molar-refractivity contribution in [2.75, 3.05) is 0 Å². The Bertz CT molecular complexity index is 1140. The minimum atomic E-state index is -0.106. The van der Waals surface area contributed by atoms with E-state index in [0.717, 1.165) is 11.5 Å². The maximum absolute atomic E-state index is 4.81. The van der Waals surface area contributed by atoms with Crippen molar-refractivity contribution < 1.29 is 15.9 Å². The van der Waals surface area contributed by atoms with Gasteiger partial charge in [0.25, 0.3) is 0 Å². The van der Waals surface area contributed by atoms with Gasteiger partial charge in [0.2, 0.25) is 0 Å². The van der Waals surface area contributed by atoms with Crippen LogP contribution >= 0.6 is 42.6 Å². The van der Waals surface area contributed by atoms with Gasteiger partial charge in [-0.2, -0.15) is 0 Å². The molecule has 0 radical (unpaired) electrons. The van der Waals surface area contributed by atoms with E-state index in [4.69, 9.17) is 19.1 Å². The number of thioether (sulfide) groups is 2. The first-order chi connectivity index (χ1) is 20.2.